The molecular weight excluding hydrogens is 272 g/mol. The number of allylic oxidation sites excluding steroid dienone is 1. The lowest BCUT2D eigenvalue weighted by Crippen LogP contribution is -2.51. The van der Waals surface area contributed by atoms with E-state index in [1.165, 1.54) is 38.5 Å². The van der Waals surface area contributed by atoms with E-state index in [9.17, 15) is 5.11 Å². The zero-order valence-electron chi connectivity index (χ0n) is 14.5. The maximum Gasteiger partial charge on any atom is 0.0627 e. The monoisotopic (exact) mass is 304 g/mol. The molecular formula is C20H32O2. The summed E-state index contributed by atoms with van der Waals surface area (Å²) in [6, 6.07) is 0. The molecule has 0 saturated heterocycles. The van der Waals surface area contributed by atoms with Crippen LogP contribution in [0.2, 0.25) is 0 Å². The quantitative estimate of drug-likeness (QED) is 0.731. The fraction of sp³-hybridized carbons (Fsp3) is 0.900. The number of ether oxygens (including phenoxy) is 1. The highest BCUT2D eigenvalue weighted by atomic mass is 16.5. The molecule has 7 atom stereocenters. The van der Waals surface area contributed by atoms with Gasteiger partial charge in [-0.25, -0.2) is 0 Å². The van der Waals surface area contributed by atoms with Crippen LogP contribution in [-0.2, 0) is 4.74 Å². The topological polar surface area (TPSA) is 29.5 Å². The Labute approximate surface area is 135 Å². The van der Waals surface area contributed by atoms with E-state index in [1.807, 2.05) is 7.11 Å². The number of rotatable bonds is 1. The molecule has 0 radical (unpaired) electrons. The smallest absolute Gasteiger partial charge is 0.0627 e. The number of hydrogen-bond acceptors (Lipinski definition) is 2. The summed E-state index contributed by atoms with van der Waals surface area (Å²) in [7, 11) is 1.91. The van der Waals surface area contributed by atoms with Gasteiger partial charge in [0.15, 0.2) is 0 Å². The Kier molecular flexibility index (Phi) is 3.51. The molecule has 0 aliphatic heterocycles. The molecule has 2 heteroatoms. The molecule has 3 fully saturated rings. The summed E-state index contributed by atoms with van der Waals surface area (Å²) in [5.41, 5.74) is 2.36. The lowest BCUT2D eigenvalue weighted by atomic mass is 9.48. The van der Waals surface area contributed by atoms with Gasteiger partial charge >= 0.3 is 0 Å². The third-order valence-electron chi connectivity index (χ3n) is 8.28. The highest BCUT2D eigenvalue weighted by Crippen LogP contribution is 2.65. The normalized spacial score (nSPS) is 54.2. The maximum absolute atomic E-state index is 10.1. The number of hydrogen-bond donors (Lipinski definition) is 1. The van der Waals surface area contributed by atoms with Crippen LogP contribution in [0, 0.1) is 28.6 Å². The summed E-state index contributed by atoms with van der Waals surface area (Å²) in [4.78, 5) is 0. The Morgan fingerprint density at radius 3 is 2.68 bits per heavy atom. The van der Waals surface area contributed by atoms with Crippen molar-refractivity contribution in [1.82, 2.24) is 0 Å². The fourth-order valence-corrected chi connectivity index (χ4v) is 6.98. The van der Waals surface area contributed by atoms with Crippen molar-refractivity contribution in [2.24, 2.45) is 28.6 Å². The van der Waals surface area contributed by atoms with Gasteiger partial charge in [0, 0.05) is 7.11 Å². The molecule has 0 bridgehead atoms. The number of fused-ring (bicyclic) bond motifs is 5. The predicted molar refractivity (Wildman–Crippen MR) is 88.5 cm³/mol. The van der Waals surface area contributed by atoms with E-state index in [1.54, 1.807) is 5.57 Å². The molecule has 2 nitrogen and oxygen atoms in total. The zero-order chi connectivity index (χ0) is 15.5. The predicted octanol–water partition coefficient (Wildman–Crippen LogP) is 4.33. The Morgan fingerprint density at radius 1 is 1.09 bits per heavy atom. The summed E-state index contributed by atoms with van der Waals surface area (Å²) in [5.74, 6) is 2.54. The second-order valence-corrected chi connectivity index (χ2v) is 9.00. The van der Waals surface area contributed by atoms with Gasteiger partial charge < -0.3 is 9.84 Å². The van der Waals surface area contributed by atoms with Crippen molar-refractivity contribution in [1.29, 1.82) is 0 Å². The highest BCUT2D eigenvalue weighted by Gasteiger charge is 2.58. The van der Waals surface area contributed by atoms with Gasteiger partial charge in [-0.15, -0.1) is 0 Å². The Hall–Kier alpha value is -0.340. The molecule has 4 aliphatic carbocycles. The van der Waals surface area contributed by atoms with Crippen LogP contribution in [0.1, 0.15) is 65.2 Å². The first-order chi connectivity index (χ1) is 10.5. The van der Waals surface area contributed by atoms with E-state index in [2.05, 4.69) is 19.9 Å². The van der Waals surface area contributed by atoms with Gasteiger partial charge in [0.25, 0.3) is 0 Å². The summed E-state index contributed by atoms with van der Waals surface area (Å²) < 4.78 is 5.86. The van der Waals surface area contributed by atoms with Gasteiger partial charge in [-0.1, -0.05) is 25.5 Å². The first-order valence-corrected chi connectivity index (χ1v) is 9.39. The number of aliphatic hydroxyl groups is 1. The van der Waals surface area contributed by atoms with Crippen molar-refractivity contribution in [3.63, 3.8) is 0 Å². The lowest BCUT2D eigenvalue weighted by molar-refractivity contribution is -0.0820. The van der Waals surface area contributed by atoms with Crippen molar-refractivity contribution in [2.75, 3.05) is 7.11 Å². The number of aliphatic hydroxyl groups excluding tert-OH is 1. The van der Waals surface area contributed by atoms with E-state index in [0.717, 1.165) is 30.6 Å². The second kappa shape index (κ2) is 5.08. The SMILES string of the molecule is COC1CCC2C3CC=C4C[C@@H](O)CCC4(C)C3CCC12C. The average Bonchev–Trinajstić information content (AvgIpc) is 2.84. The largest absolute Gasteiger partial charge is 0.393 e. The zero-order valence-corrected chi connectivity index (χ0v) is 14.5. The minimum absolute atomic E-state index is 0.0888. The van der Waals surface area contributed by atoms with E-state index in [4.69, 9.17) is 4.74 Å². The van der Waals surface area contributed by atoms with Crippen LogP contribution in [0.5, 0.6) is 0 Å². The van der Waals surface area contributed by atoms with E-state index >= 15 is 0 Å². The van der Waals surface area contributed by atoms with E-state index in [0.29, 0.717) is 16.9 Å². The maximum atomic E-state index is 10.1. The summed E-state index contributed by atoms with van der Waals surface area (Å²) in [5, 5.41) is 10.1. The highest BCUT2D eigenvalue weighted by molar-refractivity contribution is 5.25. The molecule has 0 amide bonds. The molecule has 22 heavy (non-hydrogen) atoms. The van der Waals surface area contributed by atoms with E-state index < -0.39 is 0 Å². The van der Waals surface area contributed by atoms with Gasteiger partial charge in [0.1, 0.15) is 0 Å². The molecule has 4 rings (SSSR count). The molecule has 0 heterocycles. The van der Waals surface area contributed by atoms with Gasteiger partial charge in [-0.2, -0.15) is 0 Å². The van der Waals surface area contributed by atoms with Crippen molar-refractivity contribution >= 4 is 0 Å². The van der Waals surface area contributed by atoms with E-state index in [-0.39, 0.29) is 6.10 Å². The van der Waals surface area contributed by atoms with Crippen LogP contribution in [0.3, 0.4) is 0 Å². The van der Waals surface area contributed by atoms with Crippen molar-refractivity contribution < 1.29 is 9.84 Å². The average molecular weight is 304 g/mol. The van der Waals surface area contributed by atoms with Gasteiger partial charge in [-0.05, 0) is 80.0 Å². The lowest BCUT2D eigenvalue weighted by Gasteiger charge is -2.57. The molecule has 0 aromatic carbocycles. The van der Waals surface area contributed by atoms with Crippen LogP contribution in [0.15, 0.2) is 11.6 Å². The molecule has 3 saturated carbocycles. The minimum atomic E-state index is -0.0888. The Balaban J connectivity index is 1.66. The number of methoxy groups -OCH3 is 1. The molecule has 4 aliphatic rings. The first kappa shape index (κ1) is 15.2. The van der Waals surface area contributed by atoms with Crippen molar-refractivity contribution in [2.45, 2.75) is 77.4 Å². The van der Waals surface area contributed by atoms with Crippen LogP contribution >= 0.6 is 0 Å². The Bertz CT molecular complexity index is 484. The first-order valence-electron chi connectivity index (χ1n) is 9.39. The summed E-state index contributed by atoms with van der Waals surface area (Å²) in [6.07, 6.45) is 12.6. The van der Waals surface area contributed by atoms with Crippen molar-refractivity contribution in [3.05, 3.63) is 11.6 Å². The van der Waals surface area contributed by atoms with Crippen molar-refractivity contribution in [3.8, 4) is 0 Å². The third kappa shape index (κ3) is 1.92. The molecule has 124 valence electrons. The molecule has 6 unspecified atom stereocenters. The van der Waals surface area contributed by atoms with Crippen LogP contribution in [-0.4, -0.2) is 24.4 Å². The minimum Gasteiger partial charge on any atom is -0.393 e. The summed E-state index contributed by atoms with van der Waals surface area (Å²) in [6.45, 7) is 5.01. The molecule has 0 aromatic heterocycles. The van der Waals surface area contributed by atoms with Gasteiger partial charge in [0.2, 0.25) is 0 Å². The van der Waals surface area contributed by atoms with Gasteiger partial charge in [0.05, 0.1) is 12.2 Å². The van der Waals surface area contributed by atoms with Crippen LogP contribution in [0.4, 0.5) is 0 Å². The second-order valence-electron chi connectivity index (χ2n) is 9.00. The third-order valence-corrected chi connectivity index (χ3v) is 8.28. The Morgan fingerprint density at radius 2 is 1.91 bits per heavy atom. The van der Waals surface area contributed by atoms with Crippen LogP contribution < -0.4 is 0 Å². The molecule has 1 N–H and O–H groups in total. The van der Waals surface area contributed by atoms with Gasteiger partial charge in [-0.3, -0.25) is 0 Å². The molecule has 0 spiro atoms. The van der Waals surface area contributed by atoms with Crippen LogP contribution in [0.25, 0.3) is 0 Å². The summed E-state index contributed by atoms with van der Waals surface area (Å²) >= 11 is 0. The molecule has 0 aromatic rings. The standard InChI is InChI=1S/C20H32O2/c1-19-10-8-14(21)12-13(19)4-5-15-16-6-7-18(22-3)20(16,2)11-9-17(15)19/h4,14-18,21H,5-12H2,1-3H3/t14-,15?,16?,17?,18?,19?,20?/m0/s1. The fourth-order valence-electron chi connectivity index (χ4n) is 6.98.